The first kappa shape index (κ1) is 17.7. The minimum absolute atomic E-state index is 0.150. The van der Waals surface area contributed by atoms with Gasteiger partial charge >= 0.3 is 5.97 Å². The number of hydrogen-bond acceptors (Lipinski definition) is 5. The Morgan fingerprint density at radius 3 is 2.92 bits per heavy atom. The fourth-order valence-electron chi connectivity index (χ4n) is 3.40. The summed E-state index contributed by atoms with van der Waals surface area (Å²) in [5.41, 5.74) is 2.24. The number of ether oxygens (including phenoxy) is 2. The summed E-state index contributed by atoms with van der Waals surface area (Å²) in [6.45, 7) is 6.19. The Morgan fingerprint density at radius 1 is 1.20 bits per heavy atom. The minimum atomic E-state index is -0.192. The second kappa shape index (κ2) is 8.34. The van der Waals surface area contributed by atoms with Crippen molar-refractivity contribution in [3.05, 3.63) is 29.3 Å². The van der Waals surface area contributed by atoms with E-state index >= 15 is 0 Å². The highest BCUT2D eigenvalue weighted by atomic mass is 16.5. The van der Waals surface area contributed by atoms with Crippen LogP contribution in [0.5, 0.6) is 5.75 Å². The summed E-state index contributed by atoms with van der Waals surface area (Å²) in [5.74, 6) is 0.903. The number of amides is 1. The van der Waals surface area contributed by atoms with Crippen LogP contribution >= 0.6 is 0 Å². The summed E-state index contributed by atoms with van der Waals surface area (Å²) in [6.07, 6.45) is 2.22. The zero-order chi connectivity index (χ0) is 17.6. The van der Waals surface area contributed by atoms with Crippen LogP contribution in [-0.4, -0.2) is 67.6 Å². The van der Waals surface area contributed by atoms with Crippen molar-refractivity contribution in [1.82, 2.24) is 9.80 Å². The molecule has 0 bridgehead atoms. The van der Waals surface area contributed by atoms with E-state index in [2.05, 4.69) is 11.0 Å². The number of fused-ring (bicyclic) bond motifs is 1. The van der Waals surface area contributed by atoms with E-state index in [9.17, 15) is 9.59 Å². The first-order valence-electron chi connectivity index (χ1n) is 9.06. The van der Waals surface area contributed by atoms with Crippen molar-refractivity contribution in [2.45, 2.75) is 26.2 Å². The van der Waals surface area contributed by atoms with E-state index in [0.29, 0.717) is 32.7 Å². The van der Waals surface area contributed by atoms with Gasteiger partial charge in [0.05, 0.1) is 26.2 Å². The molecule has 0 aromatic heterocycles. The van der Waals surface area contributed by atoms with Gasteiger partial charge in [0.25, 0.3) is 0 Å². The zero-order valence-corrected chi connectivity index (χ0v) is 14.8. The van der Waals surface area contributed by atoms with E-state index in [4.69, 9.17) is 9.47 Å². The summed E-state index contributed by atoms with van der Waals surface area (Å²) in [4.78, 5) is 28.2. The molecular weight excluding hydrogens is 320 g/mol. The molecule has 0 spiro atoms. The van der Waals surface area contributed by atoms with Gasteiger partial charge in [-0.05, 0) is 30.5 Å². The fourth-order valence-corrected chi connectivity index (χ4v) is 3.40. The van der Waals surface area contributed by atoms with Crippen LogP contribution < -0.4 is 4.74 Å². The van der Waals surface area contributed by atoms with Crippen molar-refractivity contribution in [3.8, 4) is 5.75 Å². The van der Waals surface area contributed by atoms with Gasteiger partial charge in [-0.15, -0.1) is 0 Å². The lowest BCUT2D eigenvalue weighted by Crippen LogP contribution is -2.37. The summed E-state index contributed by atoms with van der Waals surface area (Å²) in [7, 11) is 0. The molecule has 1 amide bonds. The van der Waals surface area contributed by atoms with E-state index in [0.717, 1.165) is 43.9 Å². The summed E-state index contributed by atoms with van der Waals surface area (Å²) >= 11 is 0. The smallest absolute Gasteiger partial charge is 0.320 e. The van der Waals surface area contributed by atoms with E-state index in [1.54, 1.807) is 0 Å². The van der Waals surface area contributed by atoms with Crippen molar-refractivity contribution in [2.24, 2.45) is 0 Å². The summed E-state index contributed by atoms with van der Waals surface area (Å²) < 4.78 is 10.5. The lowest BCUT2D eigenvalue weighted by Gasteiger charge is -2.21. The Bertz CT molecular complexity index is 632. The molecule has 0 saturated carbocycles. The summed E-state index contributed by atoms with van der Waals surface area (Å²) in [6, 6.07) is 6.03. The first-order chi connectivity index (χ1) is 12.2. The van der Waals surface area contributed by atoms with Gasteiger partial charge < -0.3 is 14.4 Å². The SMILES string of the molecule is CCOC(=O)CN1CCCN(C(=O)Cc2ccc3c(c2)CCO3)CC1. The quantitative estimate of drug-likeness (QED) is 0.752. The van der Waals surface area contributed by atoms with Gasteiger partial charge in [0.2, 0.25) is 5.91 Å². The molecule has 2 aliphatic heterocycles. The van der Waals surface area contributed by atoms with Gasteiger partial charge in [-0.3, -0.25) is 14.5 Å². The van der Waals surface area contributed by atoms with Crippen LogP contribution in [0.3, 0.4) is 0 Å². The van der Waals surface area contributed by atoms with Crippen molar-refractivity contribution in [1.29, 1.82) is 0 Å². The number of carbonyl (C=O) groups is 2. The molecule has 1 saturated heterocycles. The largest absolute Gasteiger partial charge is 0.493 e. The van der Waals surface area contributed by atoms with Crippen LogP contribution in [0.25, 0.3) is 0 Å². The van der Waals surface area contributed by atoms with Crippen molar-refractivity contribution in [3.63, 3.8) is 0 Å². The van der Waals surface area contributed by atoms with Crippen LogP contribution in [0.15, 0.2) is 18.2 Å². The predicted molar refractivity (Wildman–Crippen MR) is 93.6 cm³/mol. The first-order valence-corrected chi connectivity index (χ1v) is 9.06. The van der Waals surface area contributed by atoms with Gasteiger partial charge in [0.15, 0.2) is 0 Å². The minimum Gasteiger partial charge on any atom is -0.493 e. The second-order valence-electron chi connectivity index (χ2n) is 6.53. The van der Waals surface area contributed by atoms with E-state index in [1.165, 1.54) is 5.56 Å². The molecule has 0 atom stereocenters. The molecule has 136 valence electrons. The molecule has 1 fully saturated rings. The molecule has 6 heteroatoms. The third-order valence-corrected chi connectivity index (χ3v) is 4.71. The average Bonchev–Trinajstić information content (AvgIpc) is 2.93. The highest BCUT2D eigenvalue weighted by molar-refractivity contribution is 5.79. The maximum absolute atomic E-state index is 12.6. The zero-order valence-electron chi connectivity index (χ0n) is 14.8. The number of benzene rings is 1. The third-order valence-electron chi connectivity index (χ3n) is 4.71. The molecule has 1 aromatic rings. The number of rotatable bonds is 5. The molecule has 25 heavy (non-hydrogen) atoms. The van der Waals surface area contributed by atoms with Crippen molar-refractivity contribution < 1.29 is 19.1 Å². The number of nitrogens with zero attached hydrogens (tertiary/aromatic N) is 2. The van der Waals surface area contributed by atoms with Crippen LogP contribution in [0.2, 0.25) is 0 Å². The standard InChI is InChI=1S/C19H26N2O4/c1-2-24-19(23)14-20-7-3-8-21(10-9-20)18(22)13-15-4-5-17-16(12-15)6-11-25-17/h4-5,12H,2-3,6-11,13-14H2,1H3. The van der Waals surface area contributed by atoms with E-state index in [-0.39, 0.29) is 11.9 Å². The van der Waals surface area contributed by atoms with Crippen molar-refractivity contribution >= 4 is 11.9 Å². The maximum Gasteiger partial charge on any atom is 0.320 e. The van der Waals surface area contributed by atoms with Crippen LogP contribution in [0, 0.1) is 0 Å². The Hall–Kier alpha value is -2.08. The normalized spacial score (nSPS) is 17.6. The Balaban J connectivity index is 1.52. The highest BCUT2D eigenvalue weighted by Crippen LogP contribution is 2.26. The molecule has 2 heterocycles. The Morgan fingerprint density at radius 2 is 2.08 bits per heavy atom. The van der Waals surface area contributed by atoms with Crippen LogP contribution in [0.4, 0.5) is 0 Å². The second-order valence-corrected chi connectivity index (χ2v) is 6.53. The molecule has 1 aromatic carbocycles. The molecule has 0 aliphatic carbocycles. The molecule has 0 unspecified atom stereocenters. The van der Waals surface area contributed by atoms with Gasteiger partial charge in [-0.25, -0.2) is 0 Å². The Labute approximate surface area is 148 Å². The summed E-state index contributed by atoms with van der Waals surface area (Å²) in [5, 5.41) is 0. The van der Waals surface area contributed by atoms with Gasteiger partial charge in [-0.2, -0.15) is 0 Å². The number of esters is 1. The monoisotopic (exact) mass is 346 g/mol. The van der Waals surface area contributed by atoms with Gasteiger partial charge in [-0.1, -0.05) is 12.1 Å². The lowest BCUT2D eigenvalue weighted by molar-refractivity contribution is -0.144. The maximum atomic E-state index is 12.6. The van der Waals surface area contributed by atoms with Gasteiger partial charge in [0, 0.05) is 32.6 Å². The van der Waals surface area contributed by atoms with E-state index < -0.39 is 0 Å². The molecule has 0 radical (unpaired) electrons. The third kappa shape index (κ3) is 4.72. The highest BCUT2D eigenvalue weighted by Gasteiger charge is 2.21. The number of carbonyl (C=O) groups excluding carboxylic acids is 2. The average molecular weight is 346 g/mol. The molecule has 0 N–H and O–H groups in total. The van der Waals surface area contributed by atoms with Crippen molar-refractivity contribution in [2.75, 3.05) is 45.9 Å². The predicted octanol–water partition coefficient (Wildman–Crippen LogP) is 1.26. The van der Waals surface area contributed by atoms with Crippen LogP contribution in [0.1, 0.15) is 24.5 Å². The van der Waals surface area contributed by atoms with E-state index in [1.807, 2.05) is 24.0 Å². The molecule has 6 nitrogen and oxygen atoms in total. The molecule has 3 rings (SSSR count). The molecule has 2 aliphatic rings. The van der Waals surface area contributed by atoms with Crippen LogP contribution in [-0.2, 0) is 27.2 Å². The Kier molecular flexibility index (Phi) is 5.91. The topological polar surface area (TPSA) is 59.1 Å². The van der Waals surface area contributed by atoms with Gasteiger partial charge in [0.1, 0.15) is 5.75 Å². The number of hydrogen-bond donors (Lipinski definition) is 0. The molecular formula is C19H26N2O4. The lowest BCUT2D eigenvalue weighted by atomic mass is 10.1. The fraction of sp³-hybridized carbons (Fsp3) is 0.579.